The minimum absolute atomic E-state index is 0.201. The first-order valence-corrected chi connectivity index (χ1v) is 4.76. The molecule has 1 aliphatic heterocycles. The molecule has 1 aromatic heterocycles. The normalized spacial score (nSPS) is 28.2. The number of aryl methyl sites for hydroxylation is 1. The Labute approximate surface area is 81.9 Å². The lowest BCUT2D eigenvalue weighted by molar-refractivity contribution is 0.107. The minimum atomic E-state index is 0.201. The van der Waals surface area contributed by atoms with Crippen molar-refractivity contribution in [3.05, 3.63) is 11.1 Å². The molecule has 1 aliphatic rings. The number of halogens is 1. The van der Waals surface area contributed by atoms with Crippen molar-refractivity contribution in [1.82, 2.24) is 14.8 Å². The quantitative estimate of drug-likeness (QED) is 0.693. The summed E-state index contributed by atoms with van der Waals surface area (Å²) in [7, 11) is 0. The molecule has 2 atom stereocenters. The lowest BCUT2D eigenvalue weighted by Gasteiger charge is -2.16. The Kier molecular flexibility index (Phi) is 2.26. The molecular weight excluding hydrogens is 190 g/mol. The van der Waals surface area contributed by atoms with Gasteiger partial charge in [0.1, 0.15) is 5.82 Å². The predicted molar refractivity (Wildman–Crippen MR) is 48.8 cm³/mol. The van der Waals surface area contributed by atoms with Gasteiger partial charge in [-0.3, -0.25) is 4.57 Å². The molecule has 4 nitrogen and oxygen atoms in total. The van der Waals surface area contributed by atoms with Gasteiger partial charge in [-0.15, -0.1) is 10.2 Å². The molecule has 13 heavy (non-hydrogen) atoms. The Morgan fingerprint density at radius 3 is 2.77 bits per heavy atom. The zero-order valence-electron chi connectivity index (χ0n) is 7.70. The van der Waals surface area contributed by atoms with Crippen LogP contribution in [0.1, 0.15) is 25.2 Å². The van der Waals surface area contributed by atoms with Crippen LogP contribution < -0.4 is 0 Å². The number of hydrogen-bond acceptors (Lipinski definition) is 3. The van der Waals surface area contributed by atoms with E-state index in [1.54, 1.807) is 0 Å². The van der Waals surface area contributed by atoms with Gasteiger partial charge in [-0.1, -0.05) is 0 Å². The summed E-state index contributed by atoms with van der Waals surface area (Å²) in [6.07, 6.45) is 1.19. The van der Waals surface area contributed by atoms with E-state index in [0.29, 0.717) is 11.3 Å². The van der Waals surface area contributed by atoms with Crippen LogP contribution in [0.4, 0.5) is 0 Å². The van der Waals surface area contributed by atoms with Crippen LogP contribution >= 0.6 is 11.6 Å². The van der Waals surface area contributed by atoms with Crippen molar-refractivity contribution in [2.24, 2.45) is 0 Å². The highest BCUT2D eigenvalue weighted by atomic mass is 35.5. The van der Waals surface area contributed by atoms with E-state index in [4.69, 9.17) is 16.3 Å². The third-order valence-corrected chi connectivity index (χ3v) is 2.75. The first-order valence-electron chi connectivity index (χ1n) is 4.38. The molecular formula is C8H12ClN3O. The standard InChI is InChI=1S/C8H12ClN3O/c1-5-7(3-4-13-5)12-6(2)10-11-8(12)9/h5,7H,3-4H2,1-2H3. The molecule has 1 fully saturated rings. The second kappa shape index (κ2) is 3.27. The number of hydrogen-bond donors (Lipinski definition) is 0. The second-order valence-corrected chi connectivity index (χ2v) is 3.66. The molecule has 2 heterocycles. The van der Waals surface area contributed by atoms with E-state index in [1.807, 2.05) is 18.4 Å². The van der Waals surface area contributed by atoms with E-state index in [-0.39, 0.29) is 6.10 Å². The van der Waals surface area contributed by atoms with Crippen molar-refractivity contribution < 1.29 is 4.74 Å². The van der Waals surface area contributed by atoms with E-state index < -0.39 is 0 Å². The Morgan fingerprint density at radius 2 is 2.31 bits per heavy atom. The molecule has 2 unspecified atom stereocenters. The topological polar surface area (TPSA) is 39.9 Å². The highest BCUT2D eigenvalue weighted by molar-refractivity contribution is 6.28. The zero-order chi connectivity index (χ0) is 9.42. The summed E-state index contributed by atoms with van der Waals surface area (Å²) in [5, 5.41) is 8.20. The van der Waals surface area contributed by atoms with Gasteiger partial charge in [0.2, 0.25) is 5.28 Å². The average Bonchev–Trinajstić information content (AvgIpc) is 2.60. The first-order chi connectivity index (χ1) is 6.20. The lowest BCUT2D eigenvalue weighted by Crippen LogP contribution is -2.18. The van der Waals surface area contributed by atoms with Crippen molar-refractivity contribution in [1.29, 1.82) is 0 Å². The molecule has 0 N–H and O–H groups in total. The van der Waals surface area contributed by atoms with Crippen molar-refractivity contribution >= 4 is 11.6 Å². The predicted octanol–water partition coefficient (Wildman–Crippen LogP) is 1.59. The molecule has 0 aromatic carbocycles. The largest absolute Gasteiger partial charge is 0.376 e. The number of ether oxygens (including phenoxy) is 1. The van der Waals surface area contributed by atoms with Crippen molar-refractivity contribution in [2.75, 3.05) is 6.61 Å². The fourth-order valence-electron chi connectivity index (χ4n) is 1.78. The van der Waals surface area contributed by atoms with E-state index in [2.05, 4.69) is 10.2 Å². The SMILES string of the molecule is Cc1nnc(Cl)n1C1CCOC1C. The maximum atomic E-state index is 5.92. The first kappa shape index (κ1) is 8.97. The Bertz CT molecular complexity index is 293. The Hall–Kier alpha value is -0.610. The van der Waals surface area contributed by atoms with Gasteiger partial charge >= 0.3 is 0 Å². The van der Waals surface area contributed by atoms with Crippen LogP contribution in [-0.2, 0) is 4.74 Å². The fraction of sp³-hybridized carbons (Fsp3) is 0.750. The van der Waals surface area contributed by atoms with Gasteiger partial charge in [0.15, 0.2) is 0 Å². The molecule has 5 heteroatoms. The Balaban J connectivity index is 2.33. The molecule has 0 aliphatic carbocycles. The van der Waals surface area contributed by atoms with Gasteiger partial charge in [-0.05, 0) is 31.9 Å². The number of aromatic nitrogens is 3. The molecule has 0 saturated carbocycles. The molecule has 2 rings (SSSR count). The highest BCUT2D eigenvalue weighted by Crippen LogP contribution is 2.29. The summed E-state index contributed by atoms with van der Waals surface area (Å²) in [5.41, 5.74) is 0. The maximum absolute atomic E-state index is 5.92. The summed E-state index contributed by atoms with van der Waals surface area (Å²) in [6.45, 7) is 4.75. The molecule has 0 spiro atoms. The third kappa shape index (κ3) is 1.44. The summed E-state index contributed by atoms with van der Waals surface area (Å²) >= 11 is 5.92. The maximum Gasteiger partial charge on any atom is 0.225 e. The van der Waals surface area contributed by atoms with Crippen molar-refractivity contribution in [3.8, 4) is 0 Å². The minimum Gasteiger partial charge on any atom is -0.376 e. The van der Waals surface area contributed by atoms with E-state index in [1.165, 1.54) is 0 Å². The number of rotatable bonds is 1. The average molecular weight is 202 g/mol. The third-order valence-electron chi connectivity index (χ3n) is 2.49. The van der Waals surface area contributed by atoms with E-state index >= 15 is 0 Å². The van der Waals surface area contributed by atoms with Gasteiger partial charge < -0.3 is 4.74 Å². The number of nitrogens with zero attached hydrogens (tertiary/aromatic N) is 3. The van der Waals surface area contributed by atoms with E-state index in [0.717, 1.165) is 18.9 Å². The van der Waals surface area contributed by atoms with Crippen LogP contribution in [0.25, 0.3) is 0 Å². The van der Waals surface area contributed by atoms with Crippen LogP contribution in [0, 0.1) is 6.92 Å². The summed E-state index contributed by atoms with van der Waals surface area (Å²) < 4.78 is 7.41. The lowest BCUT2D eigenvalue weighted by atomic mass is 10.1. The van der Waals surface area contributed by atoms with Crippen LogP contribution in [0.5, 0.6) is 0 Å². The summed E-state index contributed by atoms with van der Waals surface area (Å²) in [6, 6.07) is 0.294. The molecule has 72 valence electrons. The summed E-state index contributed by atoms with van der Waals surface area (Å²) in [4.78, 5) is 0. The fourth-order valence-corrected chi connectivity index (χ4v) is 2.07. The Morgan fingerprint density at radius 1 is 1.54 bits per heavy atom. The van der Waals surface area contributed by atoms with Gasteiger partial charge in [-0.25, -0.2) is 0 Å². The molecule has 1 aromatic rings. The van der Waals surface area contributed by atoms with Crippen LogP contribution in [-0.4, -0.2) is 27.5 Å². The van der Waals surface area contributed by atoms with Crippen molar-refractivity contribution in [3.63, 3.8) is 0 Å². The zero-order valence-corrected chi connectivity index (χ0v) is 8.45. The molecule has 0 amide bonds. The van der Waals surface area contributed by atoms with Crippen LogP contribution in [0.15, 0.2) is 0 Å². The second-order valence-electron chi connectivity index (χ2n) is 3.32. The van der Waals surface area contributed by atoms with Gasteiger partial charge in [0.25, 0.3) is 0 Å². The molecule has 0 bridgehead atoms. The molecule has 0 radical (unpaired) electrons. The van der Waals surface area contributed by atoms with Gasteiger partial charge in [0, 0.05) is 6.61 Å². The van der Waals surface area contributed by atoms with Crippen LogP contribution in [0.3, 0.4) is 0 Å². The van der Waals surface area contributed by atoms with Crippen LogP contribution in [0.2, 0.25) is 5.28 Å². The molecule has 1 saturated heterocycles. The van der Waals surface area contributed by atoms with Crippen molar-refractivity contribution in [2.45, 2.75) is 32.4 Å². The van der Waals surface area contributed by atoms with Gasteiger partial charge in [-0.2, -0.15) is 0 Å². The van der Waals surface area contributed by atoms with Gasteiger partial charge in [0.05, 0.1) is 12.1 Å². The highest BCUT2D eigenvalue weighted by Gasteiger charge is 2.28. The monoisotopic (exact) mass is 201 g/mol. The smallest absolute Gasteiger partial charge is 0.225 e. The summed E-state index contributed by atoms with van der Waals surface area (Å²) in [5.74, 6) is 0.854. The van der Waals surface area contributed by atoms with E-state index in [9.17, 15) is 0 Å².